The van der Waals surface area contributed by atoms with Crippen molar-refractivity contribution in [1.82, 2.24) is 15.2 Å². The normalized spacial score (nSPS) is 10.9. The molecule has 0 N–H and O–H groups in total. The van der Waals surface area contributed by atoms with E-state index >= 15 is 0 Å². The lowest BCUT2D eigenvalue weighted by atomic mass is 10.1. The molecule has 2 aromatic heterocycles. The molecule has 3 rings (SSSR count). The van der Waals surface area contributed by atoms with E-state index < -0.39 is 0 Å². The number of halogens is 1. The molecule has 0 aliphatic rings. The van der Waals surface area contributed by atoms with Crippen molar-refractivity contribution in [3.63, 3.8) is 0 Å². The van der Waals surface area contributed by atoms with Crippen LogP contribution in [0.25, 0.3) is 22.8 Å². The second-order valence-electron chi connectivity index (χ2n) is 4.94. The molecule has 0 saturated carbocycles. The van der Waals surface area contributed by atoms with E-state index in [-0.39, 0.29) is 6.10 Å². The SMILES string of the molecule is CC(C)Oc1nc(-c2ccco2)nnc1-c1ccc(Cl)cc1. The minimum Gasteiger partial charge on any atom is -0.473 e. The fraction of sp³-hybridized carbons (Fsp3) is 0.188. The van der Waals surface area contributed by atoms with Crippen LogP contribution < -0.4 is 4.74 Å². The maximum Gasteiger partial charge on any atom is 0.245 e. The lowest BCUT2D eigenvalue weighted by molar-refractivity contribution is 0.232. The number of ether oxygens (including phenoxy) is 1. The Bertz CT molecular complexity index is 756. The third-order valence-electron chi connectivity index (χ3n) is 2.86. The maximum absolute atomic E-state index is 5.92. The Kier molecular flexibility index (Phi) is 4.06. The van der Waals surface area contributed by atoms with E-state index in [2.05, 4.69) is 15.2 Å². The molecule has 0 aliphatic heterocycles. The zero-order chi connectivity index (χ0) is 15.5. The van der Waals surface area contributed by atoms with Crippen LogP contribution in [0.1, 0.15) is 13.8 Å². The van der Waals surface area contributed by atoms with Gasteiger partial charge >= 0.3 is 0 Å². The van der Waals surface area contributed by atoms with Gasteiger partial charge in [-0.05, 0) is 38.1 Å². The molecule has 1 aromatic carbocycles. The molecule has 5 nitrogen and oxygen atoms in total. The van der Waals surface area contributed by atoms with Crippen LogP contribution >= 0.6 is 11.6 Å². The van der Waals surface area contributed by atoms with Crippen molar-refractivity contribution in [2.24, 2.45) is 0 Å². The molecule has 0 unspecified atom stereocenters. The summed E-state index contributed by atoms with van der Waals surface area (Å²) in [5.74, 6) is 1.35. The van der Waals surface area contributed by atoms with Crippen LogP contribution in [0.5, 0.6) is 5.88 Å². The van der Waals surface area contributed by atoms with Crippen LogP contribution in [0.2, 0.25) is 5.02 Å². The van der Waals surface area contributed by atoms with Crippen LogP contribution in [-0.2, 0) is 0 Å². The van der Waals surface area contributed by atoms with Crippen molar-refractivity contribution in [3.8, 4) is 28.7 Å². The van der Waals surface area contributed by atoms with Gasteiger partial charge in [-0.25, -0.2) is 0 Å². The molecule has 112 valence electrons. The van der Waals surface area contributed by atoms with Crippen molar-refractivity contribution in [2.75, 3.05) is 0 Å². The topological polar surface area (TPSA) is 61.0 Å². The highest BCUT2D eigenvalue weighted by Gasteiger charge is 2.16. The first kappa shape index (κ1) is 14.5. The third-order valence-corrected chi connectivity index (χ3v) is 3.11. The van der Waals surface area contributed by atoms with Crippen molar-refractivity contribution in [3.05, 3.63) is 47.7 Å². The molecule has 6 heteroatoms. The largest absolute Gasteiger partial charge is 0.473 e. The molecule has 0 bridgehead atoms. The van der Waals surface area contributed by atoms with Crippen LogP contribution in [0, 0.1) is 0 Å². The number of nitrogens with zero attached hydrogens (tertiary/aromatic N) is 3. The van der Waals surface area contributed by atoms with Crippen LogP contribution in [-0.4, -0.2) is 21.3 Å². The van der Waals surface area contributed by atoms with Gasteiger partial charge < -0.3 is 9.15 Å². The summed E-state index contributed by atoms with van der Waals surface area (Å²) in [6.45, 7) is 3.86. The maximum atomic E-state index is 5.92. The van der Waals surface area contributed by atoms with E-state index in [4.69, 9.17) is 20.8 Å². The molecule has 0 amide bonds. The fourth-order valence-electron chi connectivity index (χ4n) is 1.92. The second kappa shape index (κ2) is 6.15. The monoisotopic (exact) mass is 315 g/mol. The Hall–Kier alpha value is -2.40. The predicted octanol–water partition coefficient (Wildman–Crippen LogP) is 4.24. The van der Waals surface area contributed by atoms with E-state index in [0.29, 0.717) is 28.2 Å². The van der Waals surface area contributed by atoms with Gasteiger partial charge in [0.15, 0.2) is 11.5 Å². The minimum absolute atomic E-state index is 0.0350. The molecule has 0 fully saturated rings. The Morgan fingerprint density at radius 3 is 2.50 bits per heavy atom. The summed E-state index contributed by atoms with van der Waals surface area (Å²) < 4.78 is 11.1. The molecular formula is C16H14ClN3O2. The van der Waals surface area contributed by atoms with E-state index in [9.17, 15) is 0 Å². The summed E-state index contributed by atoms with van der Waals surface area (Å²) in [7, 11) is 0. The van der Waals surface area contributed by atoms with Crippen molar-refractivity contribution < 1.29 is 9.15 Å². The van der Waals surface area contributed by atoms with Crippen molar-refractivity contribution in [1.29, 1.82) is 0 Å². The van der Waals surface area contributed by atoms with E-state index in [1.54, 1.807) is 30.5 Å². The molecule has 0 spiro atoms. The van der Waals surface area contributed by atoms with Gasteiger partial charge in [-0.1, -0.05) is 23.7 Å². The first-order valence-corrected chi connectivity index (χ1v) is 7.22. The van der Waals surface area contributed by atoms with Crippen LogP contribution in [0.4, 0.5) is 0 Å². The lowest BCUT2D eigenvalue weighted by Crippen LogP contribution is -2.10. The molecule has 2 heterocycles. The highest BCUT2D eigenvalue weighted by Crippen LogP contribution is 2.29. The smallest absolute Gasteiger partial charge is 0.245 e. The Morgan fingerprint density at radius 1 is 1.09 bits per heavy atom. The summed E-state index contributed by atoms with van der Waals surface area (Å²) in [5.41, 5.74) is 1.41. The number of hydrogen-bond acceptors (Lipinski definition) is 5. The van der Waals surface area contributed by atoms with Gasteiger partial charge in [-0.2, -0.15) is 4.98 Å². The predicted molar refractivity (Wildman–Crippen MR) is 83.7 cm³/mol. The van der Waals surface area contributed by atoms with E-state index in [0.717, 1.165) is 5.56 Å². The highest BCUT2D eigenvalue weighted by molar-refractivity contribution is 6.30. The van der Waals surface area contributed by atoms with Gasteiger partial charge in [-0.15, -0.1) is 10.2 Å². The molecule has 0 aliphatic carbocycles. The molecule has 0 radical (unpaired) electrons. The first-order valence-electron chi connectivity index (χ1n) is 6.84. The van der Waals surface area contributed by atoms with Crippen LogP contribution in [0.3, 0.4) is 0 Å². The quantitative estimate of drug-likeness (QED) is 0.720. The number of rotatable bonds is 4. The molecule has 3 aromatic rings. The summed E-state index contributed by atoms with van der Waals surface area (Å²) in [6, 6.07) is 10.8. The fourth-order valence-corrected chi connectivity index (χ4v) is 2.04. The van der Waals surface area contributed by atoms with Gasteiger partial charge in [0.05, 0.1) is 12.4 Å². The molecule has 22 heavy (non-hydrogen) atoms. The average molecular weight is 316 g/mol. The second-order valence-corrected chi connectivity index (χ2v) is 5.38. The highest BCUT2D eigenvalue weighted by atomic mass is 35.5. The summed E-state index contributed by atoms with van der Waals surface area (Å²) in [5, 5.41) is 9.02. The van der Waals surface area contributed by atoms with Gasteiger partial charge in [0.2, 0.25) is 11.7 Å². The van der Waals surface area contributed by atoms with Gasteiger partial charge in [0.1, 0.15) is 0 Å². The Balaban J connectivity index is 2.07. The van der Waals surface area contributed by atoms with Gasteiger partial charge in [-0.3, -0.25) is 0 Å². The number of aromatic nitrogens is 3. The average Bonchev–Trinajstić information content (AvgIpc) is 3.02. The van der Waals surface area contributed by atoms with Crippen molar-refractivity contribution >= 4 is 11.6 Å². The first-order chi connectivity index (χ1) is 10.6. The van der Waals surface area contributed by atoms with Gasteiger partial charge in [0.25, 0.3) is 0 Å². The number of furan rings is 1. The van der Waals surface area contributed by atoms with E-state index in [1.807, 2.05) is 26.0 Å². The summed E-state index contributed by atoms with van der Waals surface area (Å²) in [4.78, 5) is 4.43. The lowest BCUT2D eigenvalue weighted by Gasteiger charge is -2.12. The minimum atomic E-state index is -0.0350. The number of hydrogen-bond donors (Lipinski definition) is 0. The summed E-state index contributed by atoms with van der Waals surface area (Å²) >= 11 is 5.92. The zero-order valence-electron chi connectivity index (χ0n) is 12.2. The Morgan fingerprint density at radius 2 is 1.86 bits per heavy atom. The standard InChI is InChI=1S/C16H14ClN3O2/c1-10(2)22-16-14(11-5-7-12(17)8-6-11)19-20-15(18-16)13-4-3-9-21-13/h3-10H,1-2H3. The Labute approximate surface area is 132 Å². The molecule has 0 saturated heterocycles. The molecule has 0 atom stereocenters. The van der Waals surface area contributed by atoms with Crippen molar-refractivity contribution in [2.45, 2.75) is 20.0 Å². The van der Waals surface area contributed by atoms with E-state index in [1.165, 1.54) is 0 Å². The van der Waals surface area contributed by atoms with Crippen LogP contribution in [0.15, 0.2) is 47.1 Å². The molecular weight excluding hydrogens is 302 g/mol. The number of benzene rings is 1. The zero-order valence-corrected chi connectivity index (χ0v) is 12.9. The van der Waals surface area contributed by atoms with Gasteiger partial charge in [0, 0.05) is 10.6 Å². The summed E-state index contributed by atoms with van der Waals surface area (Å²) in [6.07, 6.45) is 1.53. The third kappa shape index (κ3) is 3.09.